The van der Waals surface area contributed by atoms with Gasteiger partial charge in [-0.25, -0.2) is 4.98 Å². The van der Waals surface area contributed by atoms with Gasteiger partial charge in [0.25, 0.3) is 0 Å². The van der Waals surface area contributed by atoms with Gasteiger partial charge in [0.1, 0.15) is 0 Å². The summed E-state index contributed by atoms with van der Waals surface area (Å²) in [5.41, 5.74) is 7.45. The number of hydrogen-bond acceptors (Lipinski definition) is 3. The second-order valence-corrected chi connectivity index (χ2v) is 9.48. The summed E-state index contributed by atoms with van der Waals surface area (Å²) in [7, 11) is 0. The lowest BCUT2D eigenvalue weighted by molar-refractivity contribution is 0.392. The van der Waals surface area contributed by atoms with E-state index in [0.29, 0.717) is 5.41 Å². The molecule has 2 aromatic rings. The highest BCUT2D eigenvalue weighted by atomic mass is 32.1. The molecule has 0 atom stereocenters. The zero-order chi connectivity index (χ0) is 17.4. The average Bonchev–Trinajstić information content (AvgIpc) is 3.10. The maximum Gasteiger partial charge on any atom is 0.187 e. The fourth-order valence-corrected chi connectivity index (χ4v) is 5.37. The number of hydrogen-bond donors (Lipinski definition) is 1. The predicted molar refractivity (Wildman–Crippen MR) is 107 cm³/mol. The van der Waals surface area contributed by atoms with Crippen LogP contribution in [0, 0.1) is 5.41 Å². The second kappa shape index (κ2) is 6.60. The summed E-state index contributed by atoms with van der Waals surface area (Å²) in [6.07, 6.45) is 9.39. The van der Waals surface area contributed by atoms with E-state index < -0.39 is 0 Å². The molecule has 0 bridgehead atoms. The topological polar surface area (TPSA) is 24.9 Å². The van der Waals surface area contributed by atoms with Gasteiger partial charge in [0.05, 0.1) is 5.69 Å². The van der Waals surface area contributed by atoms with Crippen molar-refractivity contribution in [3.05, 3.63) is 57.7 Å². The third-order valence-electron chi connectivity index (χ3n) is 5.52. The molecule has 0 saturated carbocycles. The highest BCUT2D eigenvalue weighted by Gasteiger charge is 2.29. The summed E-state index contributed by atoms with van der Waals surface area (Å²) in [6, 6.07) is 6.83. The van der Waals surface area contributed by atoms with Crippen LogP contribution >= 0.6 is 11.3 Å². The summed E-state index contributed by atoms with van der Waals surface area (Å²) in [6.45, 7) is 9.00. The Morgan fingerprint density at radius 3 is 2.92 bits per heavy atom. The van der Waals surface area contributed by atoms with Gasteiger partial charge >= 0.3 is 0 Å². The van der Waals surface area contributed by atoms with Gasteiger partial charge in [-0.3, -0.25) is 0 Å². The third-order valence-corrected chi connectivity index (χ3v) is 6.59. The average molecular weight is 353 g/mol. The fourth-order valence-electron chi connectivity index (χ4n) is 4.28. The molecule has 2 aliphatic rings. The third kappa shape index (κ3) is 3.67. The molecule has 0 unspecified atom stereocenters. The second-order valence-electron chi connectivity index (χ2n) is 8.40. The molecule has 2 aliphatic carbocycles. The molecule has 0 amide bonds. The maximum absolute atomic E-state index is 4.77. The Bertz CT molecular complexity index is 777. The SMILES string of the molecule is C=C(CCc1cccc2c1CC(C)(C)C2)Nc1nc2c(s1)CCCC2. The molecule has 3 heteroatoms. The Balaban J connectivity index is 1.38. The number of rotatable bonds is 5. The molecule has 0 fully saturated rings. The molecule has 1 aromatic carbocycles. The number of allylic oxidation sites excluding steroid dienone is 1. The zero-order valence-corrected chi connectivity index (χ0v) is 16.3. The van der Waals surface area contributed by atoms with E-state index in [1.807, 2.05) is 11.3 Å². The zero-order valence-electron chi connectivity index (χ0n) is 15.5. The molecule has 4 rings (SSSR count). The normalized spacial score (nSPS) is 17.8. The van der Waals surface area contributed by atoms with E-state index in [2.05, 4.69) is 43.9 Å². The Labute approximate surface area is 155 Å². The van der Waals surface area contributed by atoms with E-state index in [1.54, 1.807) is 11.1 Å². The number of aromatic nitrogens is 1. The van der Waals surface area contributed by atoms with Gasteiger partial charge in [-0.2, -0.15) is 0 Å². The molecule has 25 heavy (non-hydrogen) atoms. The Hall–Kier alpha value is -1.61. The number of nitrogens with one attached hydrogen (secondary N) is 1. The van der Waals surface area contributed by atoms with Crippen molar-refractivity contribution < 1.29 is 0 Å². The monoisotopic (exact) mass is 352 g/mol. The van der Waals surface area contributed by atoms with E-state index in [9.17, 15) is 0 Å². The lowest BCUT2D eigenvalue weighted by Crippen LogP contribution is -2.10. The van der Waals surface area contributed by atoms with Crippen LogP contribution < -0.4 is 5.32 Å². The molecular weight excluding hydrogens is 324 g/mol. The first-order chi connectivity index (χ1) is 12.0. The van der Waals surface area contributed by atoms with Crippen LogP contribution in [0.15, 0.2) is 30.5 Å². The molecule has 2 nitrogen and oxygen atoms in total. The lowest BCUT2D eigenvalue weighted by atomic mass is 9.89. The molecule has 0 radical (unpaired) electrons. The van der Waals surface area contributed by atoms with Crippen LogP contribution in [0.4, 0.5) is 5.13 Å². The van der Waals surface area contributed by atoms with Gasteiger partial charge < -0.3 is 5.32 Å². The van der Waals surface area contributed by atoms with Crippen molar-refractivity contribution in [1.29, 1.82) is 0 Å². The number of aryl methyl sites for hydroxylation is 3. The smallest absolute Gasteiger partial charge is 0.187 e. The van der Waals surface area contributed by atoms with Crippen LogP contribution in [0.3, 0.4) is 0 Å². The first-order valence-electron chi connectivity index (χ1n) is 9.53. The Morgan fingerprint density at radius 1 is 1.24 bits per heavy atom. The molecule has 0 saturated heterocycles. The Kier molecular flexibility index (Phi) is 4.45. The van der Waals surface area contributed by atoms with Crippen LogP contribution in [-0.4, -0.2) is 4.98 Å². The highest BCUT2D eigenvalue weighted by Crippen LogP contribution is 2.38. The van der Waals surface area contributed by atoms with Crippen molar-refractivity contribution in [2.24, 2.45) is 5.41 Å². The highest BCUT2D eigenvalue weighted by molar-refractivity contribution is 7.15. The van der Waals surface area contributed by atoms with Gasteiger partial charge in [-0.05, 0) is 73.5 Å². The number of anilines is 1. The molecule has 132 valence electrons. The van der Waals surface area contributed by atoms with E-state index in [4.69, 9.17) is 4.98 Å². The van der Waals surface area contributed by atoms with Gasteiger partial charge in [0.15, 0.2) is 5.13 Å². The fraction of sp³-hybridized carbons (Fsp3) is 0.500. The lowest BCUT2D eigenvalue weighted by Gasteiger charge is -2.15. The van der Waals surface area contributed by atoms with E-state index in [-0.39, 0.29) is 0 Å². The molecule has 0 spiro atoms. The van der Waals surface area contributed by atoms with Crippen molar-refractivity contribution in [2.45, 2.75) is 65.2 Å². The molecular formula is C22H28N2S. The first kappa shape index (κ1) is 16.8. The molecule has 1 heterocycles. The number of fused-ring (bicyclic) bond motifs is 2. The maximum atomic E-state index is 4.77. The van der Waals surface area contributed by atoms with E-state index in [0.717, 1.165) is 30.1 Å². The van der Waals surface area contributed by atoms with E-state index >= 15 is 0 Å². The summed E-state index contributed by atoms with van der Waals surface area (Å²) < 4.78 is 0. The summed E-state index contributed by atoms with van der Waals surface area (Å²) >= 11 is 1.82. The number of nitrogens with zero attached hydrogens (tertiary/aromatic N) is 1. The van der Waals surface area contributed by atoms with Crippen LogP contribution in [0.5, 0.6) is 0 Å². The van der Waals surface area contributed by atoms with Crippen molar-refractivity contribution in [3.8, 4) is 0 Å². The number of benzene rings is 1. The molecule has 1 N–H and O–H groups in total. The van der Waals surface area contributed by atoms with Crippen molar-refractivity contribution in [3.63, 3.8) is 0 Å². The van der Waals surface area contributed by atoms with Gasteiger partial charge in [-0.1, -0.05) is 38.6 Å². The summed E-state index contributed by atoms with van der Waals surface area (Å²) in [4.78, 5) is 6.25. The van der Waals surface area contributed by atoms with E-state index in [1.165, 1.54) is 48.2 Å². The largest absolute Gasteiger partial charge is 0.336 e. The minimum absolute atomic E-state index is 0.410. The van der Waals surface area contributed by atoms with Gasteiger partial charge in [-0.15, -0.1) is 11.3 Å². The van der Waals surface area contributed by atoms with Crippen LogP contribution in [0.25, 0.3) is 0 Å². The predicted octanol–water partition coefficient (Wildman–Crippen LogP) is 5.71. The summed E-state index contributed by atoms with van der Waals surface area (Å²) in [5.74, 6) is 0. The Morgan fingerprint density at radius 2 is 2.08 bits per heavy atom. The quantitative estimate of drug-likeness (QED) is 0.746. The molecule has 1 aromatic heterocycles. The van der Waals surface area contributed by atoms with Crippen LogP contribution in [-0.2, 0) is 32.1 Å². The van der Waals surface area contributed by atoms with Gasteiger partial charge in [0, 0.05) is 10.6 Å². The minimum atomic E-state index is 0.410. The summed E-state index contributed by atoms with van der Waals surface area (Å²) in [5, 5.41) is 4.50. The number of thiazole rings is 1. The van der Waals surface area contributed by atoms with Crippen LogP contribution in [0.2, 0.25) is 0 Å². The standard InChI is InChI=1S/C22H28N2S/c1-15(23-21-24-19-9-4-5-10-20(19)25-21)11-12-16-7-6-8-17-13-22(2,3)14-18(16)17/h6-8H,1,4-5,9-14H2,2-3H3,(H,23,24). The first-order valence-corrected chi connectivity index (χ1v) is 10.3. The van der Waals surface area contributed by atoms with Gasteiger partial charge in [0.2, 0.25) is 0 Å². The molecule has 0 aliphatic heterocycles. The van der Waals surface area contributed by atoms with Crippen molar-refractivity contribution in [2.75, 3.05) is 5.32 Å². The van der Waals surface area contributed by atoms with Crippen molar-refractivity contribution in [1.82, 2.24) is 4.98 Å². The van der Waals surface area contributed by atoms with Crippen molar-refractivity contribution >= 4 is 16.5 Å². The van der Waals surface area contributed by atoms with Crippen LogP contribution in [0.1, 0.15) is 60.4 Å². The minimum Gasteiger partial charge on any atom is -0.336 e.